The lowest BCUT2D eigenvalue weighted by Crippen LogP contribution is -2.50. The van der Waals surface area contributed by atoms with Gasteiger partial charge in [0.15, 0.2) is 0 Å². The second-order valence-electron chi connectivity index (χ2n) is 7.48. The van der Waals surface area contributed by atoms with Crippen LogP contribution in [0.2, 0.25) is 5.02 Å². The number of anilines is 1. The van der Waals surface area contributed by atoms with Gasteiger partial charge >= 0.3 is 6.09 Å². The minimum absolute atomic E-state index is 0.0417. The molecule has 9 heteroatoms. The molecular weight excluding hydrogens is 444 g/mol. The SMILES string of the molecule is CC(=O)N(NCc1ccccc1Cl)[C@@H](CCCO)COC(=O)Nc1cc2ccccc2cn1. The maximum atomic E-state index is 12.4. The molecular formula is C24H27ClN4O4. The monoisotopic (exact) mass is 470 g/mol. The third-order valence-corrected chi connectivity index (χ3v) is 5.43. The Morgan fingerprint density at radius 2 is 1.88 bits per heavy atom. The summed E-state index contributed by atoms with van der Waals surface area (Å²) in [6.45, 7) is 1.64. The summed E-state index contributed by atoms with van der Waals surface area (Å²) in [6.07, 6.45) is 1.87. The Kier molecular flexibility index (Phi) is 9.00. The number of aromatic nitrogens is 1. The predicted octanol–water partition coefficient (Wildman–Crippen LogP) is 4.13. The Hall–Kier alpha value is -3.20. The van der Waals surface area contributed by atoms with E-state index < -0.39 is 12.1 Å². The van der Waals surface area contributed by atoms with E-state index in [1.54, 1.807) is 18.3 Å². The van der Waals surface area contributed by atoms with Crippen LogP contribution in [-0.4, -0.2) is 46.4 Å². The average molecular weight is 471 g/mol. The summed E-state index contributed by atoms with van der Waals surface area (Å²) in [5.74, 6) is 0.121. The normalized spacial score (nSPS) is 11.7. The molecule has 0 radical (unpaired) electrons. The van der Waals surface area contributed by atoms with Gasteiger partial charge in [0.2, 0.25) is 5.91 Å². The van der Waals surface area contributed by atoms with Crippen LogP contribution in [0.5, 0.6) is 0 Å². The van der Waals surface area contributed by atoms with Gasteiger partial charge in [0.05, 0.1) is 6.04 Å². The summed E-state index contributed by atoms with van der Waals surface area (Å²) in [4.78, 5) is 28.9. The number of aliphatic hydroxyl groups excluding tert-OH is 1. The molecule has 1 aromatic heterocycles. The zero-order chi connectivity index (χ0) is 23.6. The molecule has 1 atom stereocenters. The topological polar surface area (TPSA) is 104 Å². The largest absolute Gasteiger partial charge is 0.447 e. The quantitative estimate of drug-likeness (QED) is 0.385. The number of carbonyl (C=O) groups excluding carboxylic acids is 2. The predicted molar refractivity (Wildman–Crippen MR) is 128 cm³/mol. The number of hydrogen-bond acceptors (Lipinski definition) is 6. The number of rotatable bonds is 10. The van der Waals surface area contributed by atoms with E-state index in [-0.39, 0.29) is 19.1 Å². The van der Waals surface area contributed by atoms with E-state index in [1.807, 2.05) is 42.5 Å². The molecule has 0 aliphatic carbocycles. The molecule has 0 saturated carbocycles. The summed E-state index contributed by atoms with van der Waals surface area (Å²) in [5.41, 5.74) is 3.90. The average Bonchev–Trinajstić information content (AvgIpc) is 2.81. The molecule has 3 rings (SSSR count). The van der Waals surface area contributed by atoms with Crippen molar-refractivity contribution in [1.82, 2.24) is 15.4 Å². The van der Waals surface area contributed by atoms with Crippen LogP contribution in [-0.2, 0) is 16.1 Å². The molecule has 174 valence electrons. The second kappa shape index (κ2) is 12.2. The lowest BCUT2D eigenvalue weighted by molar-refractivity contribution is -0.136. The minimum atomic E-state index is -0.679. The number of nitrogens with zero attached hydrogens (tertiary/aromatic N) is 2. The van der Waals surface area contributed by atoms with Crippen LogP contribution in [0, 0.1) is 0 Å². The number of benzene rings is 2. The van der Waals surface area contributed by atoms with Gasteiger partial charge in [-0.05, 0) is 35.9 Å². The van der Waals surface area contributed by atoms with E-state index in [0.717, 1.165) is 16.3 Å². The zero-order valence-corrected chi connectivity index (χ0v) is 19.1. The van der Waals surface area contributed by atoms with E-state index in [2.05, 4.69) is 15.7 Å². The van der Waals surface area contributed by atoms with Gasteiger partial charge in [-0.1, -0.05) is 54.1 Å². The van der Waals surface area contributed by atoms with Gasteiger partial charge in [-0.2, -0.15) is 0 Å². The van der Waals surface area contributed by atoms with Gasteiger partial charge in [-0.25, -0.2) is 15.2 Å². The molecule has 0 spiro atoms. The summed E-state index contributed by atoms with van der Waals surface area (Å²) < 4.78 is 5.39. The van der Waals surface area contributed by atoms with Crippen molar-refractivity contribution in [1.29, 1.82) is 0 Å². The number of nitrogens with one attached hydrogen (secondary N) is 2. The highest BCUT2D eigenvalue weighted by Crippen LogP contribution is 2.17. The number of pyridine rings is 1. The smallest absolute Gasteiger partial charge is 0.412 e. The van der Waals surface area contributed by atoms with Gasteiger partial charge in [-0.15, -0.1) is 0 Å². The summed E-state index contributed by atoms with van der Waals surface area (Å²) in [6, 6.07) is 16.3. The van der Waals surface area contributed by atoms with E-state index in [9.17, 15) is 14.7 Å². The van der Waals surface area contributed by atoms with Crippen LogP contribution >= 0.6 is 11.6 Å². The Morgan fingerprint density at radius 3 is 2.61 bits per heavy atom. The molecule has 2 aromatic carbocycles. The van der Waals surface area contributed by atoms with Crippen molar-refractivity contribution in [3.8, 4) is 0 Å². The van der Waals surface area contributed by atoms with Crippen molar-refractivity contribution in [2.45, 2.75) is 32.4 Å². The number of hydrogen-bond donors (Lipinski definition) is 3. The fraction of sp³-hybridized carbons (Fsp3) is 0.292. The first-order valence-electron chi connectivity index (χ1n) is 10.6. The van der Waals surface area contributed by atoms with Crippen LogP contribution in [0.3, 0.4) is 0 Å². The molecule has 1 heterocycles. The second-order valence-corrected chi connectivity index (χ2v) is 7.88. The molecule has 3 aromatic rings. The van der Waals surface area contributed by atoms with E-state index in [0.29, 0.717) is 30.2 Å². The zero-order valence-electron chi connectivity index (χ0n) is 18.3. The number of ether oxygens (including phenoxy) is 1. The molecule has 0 bridgehead atoms. The van der Waals surface area contributed by atoms with Crippen LogP contribution in [0.4, 0.5) is 10.6 Å². The Morgan fingerprint density at radius 1 is 1.15 bits per heavy atom. The lowest BCUT2D eigenvalue weighted by Gasteiger charge is -2.31. The van der Waals surface area contributed by atoms with E-state index in [1.165, 1.54) is 11.9 Å². The van der Waals surface area contributed by atoms with Crippen molar-refractivity contribution >= 4 is 40.2 Å². The highest BCUT2D eigenvalue weighted by Gasteiger charge is 2.23. The molecule has 0 saturated heterocycles. The Balaban J connectivity index is 1.62. The van der Waals surface area contributed by atoms with Crippen LogP contribution in [0.15, 0.2) is 60.8 Å². The van der Waals surface area contributed by atoms with Crippen molar-refractivity contribution < 1.29 is 19.4 Å². The molecule has 8 nitrogen and oxygen atoms in total. The summed E-state index contributed by atoms with van der Waals surface area (Å²) in [5, 5.41) is 15.8. The van der Waals surface area contributed by atoms with Gasteiger partial charge < -0.3 is 9.84 Å². The number of hydrazine groups is 1. The van der Waals surface area contributed by atoms with Crippen LogP contribution in [0.25, 0.3) is 10.8 Å². The van der Waals surface area contributed by atoms with E-state index in [4.69, 9.17) is 16.3 Å². The Bertz CT molecular complexity index is 1090. The molecule has 33 heavy (non-hydrogen) atoms. The highest BCUT2D eigenvalue weighted by molar-refractivity contribution is 6.31. The third kappa shape index (κ3) is 7.15. The third-order valence-electron chi connectivity index (χ3n) is 5.07. The molecule has 0 fully saturated rings. The van der Waals surface area contributed by atoms with Crippen LogP contribution in [0.1, 0.15) is 25.3 Å². The maximum absolute atomic E-state index is 12.4. The van der Waals surface area contributed by atoms with Crippen molar-refractivity contribution in [2.75, 3.05) is 18.5 Å². The first-order valence-corrected chi connectivity index (χ1v) is 11.0. The van der Waals surface area contributed by atoms with Crippen molar-refractivity contribution in [3.05, 3.63) is 71.4 Å². The number of fused-ring (bicyclic) bond motifs is 1. The Labute approximate surface area is 197 Å². The number of halogens is 1. The van der Waals surface area contributed by atoms with Gasteiger partial charge in [-0.3, -0.25) is 15.1 Å². The van der Waals surface area contributed by atoms with Gasteiger partial charge in [0.1, 0.15) is 12.4 Å². The minimum Gasteiger partial charge on any atom is -0.447 e. The first-order chi connectivity index (χ1) is 16.0. The van der Waals surface area contributed by atoms with Crippen LogP contribution < -0.4 is 10.7 Å². The molecule has 0 aliphatic rings. The first kappa shape index (κ1) is 24.4. The molecule has 0 unspecified atom stereocenters. The highest BCUT2D eigenvalue weighted by atomic mass is 35.5. The number of aliphatic hydroxyl groups is 1. The van der Waals surface area contributed by atoms with Crippen molar-refractivity contribution in [3.63, 3.8) is 0 Å². The fourth-order valence-electron chi connectivity index (χ4n) is 3.39. The van der Waals surface area contributed by atoms with Gasteiger partial charge in [0, 0.05) is 36.7 Å². The summed E-state index contributed by atoms with van der Waals surface area (Å²) >= 11 is 6.21. The number of carbonyl (C=O) groups is 2. The van der Waals surface area contributed by atoms with E-state index >= 15 is 0 Å². The maximum Gasteiger partial charge on any atom is 0.412 e. The fourth-order valence-corrected chi connectivity index (χ4v) is 3.59. The van der Waals surface area contributed by atoms with Gasteiger partial charge in [0.25, 0.3) is 0 Å². The lowest BCUT2D eigenvalue weighted by atomic mass is 10.1. The standard InChI is InChI=1S/C24H27ClN4O4/c1-17(31)29(27-15-20-9-4-5-11-22(20)25)21(10-6-12-30)16-33-24(32)28-23-13-18-7-2-3-8-19(18)14-26-23/h2-5,7-9,11,13-14,21,27,30H,6,10,12,15-16H2,1H3,(H,26,28,32)/t21-/m0/s1. The van der Waals surface area contributed by atoms with Crippen molar-refractivity contribution in [2.24, 2.45) is 0 Å². The molecule has 0 aliphatic heterocycles. The summed E-state index contributed by atoms with van der Waals surface area (Å²) in [7, 11) is 0. The molecule has 3 N–H and O–H groups in total. The number of amides is 2. The molecule has 2 amide bonds.